The van der Waals surface area contributed by atoms with Crippen molar-refractivity contribution in [3.05, 3.63) is 182 Å². The molecule has 236 valence electrons. The highest BCUT2D eigenvalue weighted by Crippen LogP contribution is 2.48. The first-order valence-corrected chi connectivity index (χ1v) is 16.9. The first-order chi connectivity index (χ1) is 29.1. The molecule has 10 aromatic carbocycles. The standard InChI is InChI=1S/C50H30O/c1-2-14-33-30-34(25-24-31(33)12-1)47-40-18-7-9-20-42(40)48(43-21-10-8-19-41(43)47)44-29-28-38(36-16-5-6-17-37(36)44)39-22-11-23-46-49(39)45-27-26-32-13-3-4-15-35(32)50(45)51-46/h1-30H/i3D,4D,11D,13D,15D,22D,23D,26D,27D. The molecule has 0 saturated carbocycles. The highest BCUT2D eigenvalue weighted by molar-refractivity contribution is 6.25. The molecule has 0 bridgehead atoms. The van der Waals surface area contributed by atoms with Gasteiger partial charge < -0.3 is 4.42 Å². The molecule has 0 atom stereocenters. The van der Waals surface area contributed by atoms with Gasteiger partial charge in [0.15, 0.2) is 0 Å². The molecule has 0 aliphatic heterocycles. The molecule has 1 nitrogen and oxygen atoms in total. The summed E-state index contributed by atoms with van der Waals surface area (Å²) in [5, 5.41) is 8.26. The highest BCUT2D eigenvalue weighted by atomic mass is 16.3. The van der Waals surface area contributed by atoms with Crippen molar-refractivity contribution in [3.63, 3.8) is 0 Å². The number of rotatable bonds is 3. The van der Waals surface area contributed by atoms with Gasteiger partial charge in [0.1, 0.15) is 11.2 Å². The molecule has 11 rings (SSSR count). The second-order valence-electron chi connectivity index (χ2n) is 12.9. The van der Waals surface area contributed by atoms with Crippen LogP contribution in [-0.4, -0.2) is 0 Å². The molecule has 0 aliphatic carbocycles. The summed E-state index contributed by atoms with van der Waals surface area (Å²) in [7, 11) is 0. The quantitative estimate of drug-likeness (QED) is 0.173. The van der Waals surface area contributed by atoms with Crippen LogP contribution in [0.4, 0.5) is 0 Å². The first-order valence-electron chi connectivity index (χ1n) is 21.4. The van der Waals surface area contributed by atoms with Crippen LogP contribution < -0.4 is 0 Å². The smallest absolute Gasteiger partial charge is 0.143 e. The van der Waals surface area contributed by atoms with Crippen LogP contribution in [0.2, 0.25) is 0 Å². The number of hydrogen-bond acceptors (Lipinski definition) is 1. The van der Waals surface area contributed by atoms with Gasteiger partial charge in [0.2, 0.25) is 0 Å². The normalized spacial score (nSPS) is 14.4. The molecular weight excluding hydrogens is 617 g/mol. The Kier molecular flexibility index (Phi) is 4.43. The topological polar surface area (TPSA) is 13.1 Å². The SMILES string of the molecule is [2H]c1c([2H])c(-c2ccc(-c3c4ccccc4c(-c4ccc5ccccc5c4)c4ccccc34)c3ccccc23)c2c(oc3c4c([2H])c([2H])c([2H])c([2H])c4c([2H])c([2H])c32)c1[2H]. The van der Waals surface area contributed by atoms with E-state index in [1.54, 1.807) is 0 Å². The van der Waals surface area contributed by atoms with Crippen LogP contribution in [0.15, 0.2) is 186 Å². The molecule has 0 unspecified atom stereocenters. The Morgan fingerprint density at radius 1 is 0.373 bits per heavy atom. The Morgan fingerprint density at radius 2 is 1.00 bits per heavy atom. The Hall–Kier alpha value is -6.70. The second-order valence-corrected chi connectivity index (χ2v) is 12.9. The third-order valence-electron chi connectivity index (χ3n) is 10.2. The molecule has 0 saturated heterocycles. The molecule has 0 radical (unpaired) electrons. The Bertz CT molecular complexity index is 3660. The van der Waals surface area contributed by atoms with Gasteiger partial charge in [-0.25, -0.2) is 0 Å². The molecule has 0 aliphatic rings. The maximum Gasteiger partial charge on any atom is 0.143 e. The largest absolute Gasteiger partial charge is 0.455 e. The molecule has 0 fully saturated rings. The van der Waals surface area contributed by atoms with Crippen LogP contribution in [0, 0.1) is 0 Å². The maximum atomic E-state index is 9.38. The molecule has 1 heteroatoms. The minimum atomic E-state index is -0.532. The predicted octanol–water partition coefficient (Wildman–Crippen LogP) is 14.4. The molecule has 11 aromatic rings. The van der Waals surface area contributed by atoms with Crippen molar-refractivity contribution in [1.29, 1.82) is 0 Å². The third kappa shape index (κ3) is 4.16. The first kappa shape index (κ1) is 20.7. The van der Waals surface area contributed by atoms with Gasteiger partial charge in [0.25, 0.3) is 0 Å². The van der Waals surface area contributed by atoms with Crippen LogP contribution >= 0.6 is 0 Å². The van der Waals surface area contributed by atoms with Gasteiger partial charge in [-0.2, -0.15) is 0 Å². The fourth-order valence-corrected chi connectivity index (χ4v) is 7.98. The van der Waals surface area contributed by atoms with E-state index in [1.807, 2.05) is 42.5 Å². The summed E-state index contributed by atoms with van der Waals surface area (Å²) in [6.07, 6.45) is 0. The second kappa shape index (κ2) is 10.9. The lowest BCUT2D eigenvalue weighted by Gasteiger charge is -2.20. The van der Waals surface area contributed by atoms with E-state index in [1.165, 1.54) is 5.39 Å². The number of furan rings is 1. The minimum Gasteiger partial charge on any atom is -0.455 e. The third-order valence-corrected chi connectivity index (χ3v) is 10.2. The lowest BCUT2D eigenvalue weighted by molar-refractivity contribution is 0.673. The minimum absolute atomic E-state index is 0.0546. The maximum absolute atomic E-state index is 9.38. The van der Waals surface area contributed by atoms with E-state index in [2.05, 4.69) is 84.9 Å². The van der Waals surface area contributed by atoms with E-state index in [0.717, 1.165) is 60.0 Å². The molecule has 0 spiro atoms. The van der Waals surface area contributed by atoms with Gasteiger partial charge in [-0.15, -0.1) is 0 Å². The van der Waals surface area contributed by atoms with E-state index in [4.69, 9.17) is 14.0 Å². The molecular formula is C50H30O. The van der Waals surface area contributed by atoms with Crippen LogP contribution in [0.3, 0.4) is 0 Å². The van der Waals surface area contributed by atoms with Crippen molar-refractivity contribution in [2.75, 3.05) is 0 Å². The van der Waals surface area contributed by atoms with Gasteiger partial charge in [0, 0.05) is 16.2 Å². The van der Waals surface area contributed by atoms with Crippen LogP contribution in [0.25, 0.3) is 109 Å². The van der Waals surface area contributed by atoms with E-state index < -0.39 is 36.3 Å². The van der Waals surface area contributed by atoms with Gasteiger partial charge in [-0.05, 0) is 100 Å². The zero-order valence-corrected chi connectivity index (χ0v) is 27.0. The van der Waals surface area contributed by atoms with Crippen LogP contribution in [-0.2, 0) is 0 Å². The monoisotopic (exact) mass is 655 g/mol. The Balaban J connectivity index is 1.24. The summed E-state index contributed by atoms with van der Waals surface area (Å²) in [5.74, 6) is 0. The van der Waals surface area contributed by atoms with Gasteiger partial charge in [0.05, 0.1) is 12.3 Å². The van der Waals surface area contributed by atoms with Crippen LogP contribution in [0.5, 0.6) is 0 Å². The summed E-state index contributed by atoms with van der Waals surface area (Å²) in [6, 6.07) is 39.8. The number of fused-ring (bicyclic) bond motifs is 9. The Labute approximate surface area is 307 Å². The average Bonchev–Trinajstić information content (AvgIpc) is 3.67. The molecule has 1 aromatic heterocycles. The van der Waals surface area contributed by atoms with Crippen molar-refractivity contribution >= 4 is 75.8 Å². The lowest BCUT2D eigenvalue weighted by Crippen LogP contribution is -1.92. The van der Waals surface area contributed by atoms with E-state index >= 15 is 0 Å². The molecule has 0 amide bonds. The zero-order valence-electron chi connectivity index (χ0n) is 36.0. The van der Waals surface area contributed by atoms with E-state index in [9.17, 15) is 2.74 Å². The molecule has 51 heavy (non-hydrogen) atoms. The van der Waals surface area contributed by atoms with Gasteiger partial charge >= 0.3 is 0 Å². The number of benzene rings is 10. The fraction of sp³-hybridized carbons (Fsp3) is 0. The van der Waals surface area contributed by atoms with Crippen molar-refractivity contribution < 1.29 is 16.8 Å². The predicted molar refractivity (Wildman–Crippen MR) is 218 cm³/mol. The van der Waals surface area contributed by atoms with Gasteiger partial charge in [-0.1, -0.05) is 164 Å². The van der Waals surface area contributed by atoms with Crippen LogP contribution in [0.1, 0.15) is 12.3 Å². The highest BCUT2D eigenvalue weighted by Gasteiger charge is 2.21. The van der Waals surface area contributed by atoms with E-state index in [-0.39, 0.29) is 56.4 Å². The average molecular weight is 656 g/mol. The fourth-order valence-electron chi connectivity index (χ4n) is 7.98. The molecule has 1 heterocycles. The van der Waals surface area contributed by atoms with Crippen molar-refractivity contribution in [3.8, 4) is 33.4 Å². The van der Waals surface area contributed by atoms with Crippen molar-refractivity contribution in [2.24, 2.45) is 0 Å². The summed E-state index contributed by atoms with van der Waals surface area (Å²) >= 11 is 0. The van der Waals surface area contributed by atoms with E-state index in [0.29, 0.717) is 5.56 Å². The van der Waals surface area contributed by atoms with Crippen molar-refractivity contribution in [2.45, 2.75) is 0 Å². The number of hydrogen-bond donors (Lipinski definition) is 0. The zero-order chi connectivity index (χ0) is 41.3. The summed E-state index contributed by atoms with van der Waals surface area (Å²) in [6.45, 7) is 0. The summed E-state index contributed by atoms with van der Waals surface area (Å²) < 4.78 is 85.9. The molecule has 0 N–H and O–H groups in total. The Morgan fingerprint density at radius 3 is 1.76 bits per heavy atom. The summed E-state index contributed by atoms with van der Waals surface area (Å²) in [5.41, 5.74) is 4.86. The van der Waals surface area contributed by atoms with Crippen molar-refractivity contribution in [1.82, 2.24) is 0 Å². The van der Waals surface area contributed by atoms with Gasteiger partial charge in [-0.3, -0.25) is 0 Å². The lowest BCUT2D eigenvalue weighted by atomic mass is 9.83. The summed E-state index contributed by atoms with van der Waals surface area (Å²) in [4.78, 5) is 0.